The van der Waals surface area contributed by atoms with Crippen molar-refractivity contribution >= 4 is 11.9 Å². The molecule has 3 heteroatoms. The van der Waals surface area contributed by atoms with Gasteiger partial charge in [0.2, 0.25) is 0 Å². The van der Waals surface area contributed by atoms with Gasteiger partial charge in [-0.2, -0.15) is 0 Å². The molecule has 124 valence electrons. The monoisotopic (exact) mass is 329 g/mol. The fourth-order valence-corrected chi connectivity index (χ4v) is 2.45. The number of hydrogen-bond donors (Lipinski definition) is 0. The highest BCUT2D eigenvalue weighted by Gasteiger charge is 2.04. The third-order valence-electron chi connectivity index (χ3n) is 3.75. The molecule has 1 aromatic heterocycles. The number of carbonyl (C=O) groups excluding carboxylic acids is 1. The Balaban J connectivity index is 1.73. The number of hydrogen-bond acceptors (Lipinski definition) is 3. The SMILES string of the molecule is Cc1cccc(C(=O)C=Cc2ccccc2OCc2cccnc2)c1. The number of carbonyl (C=O) groups is 1. The van der Waals surface area contributed by atoms with Crippen molar-refractivity contribution in [1.29, 1.82) is 0 Å². The molecule has 3 nitrogen and oxygen atoms in total. The van der Waals surface area contributed by atoms with Gasteiger partial charge in [0.15, 0.2) is 5.78 Å². The highest BCUT2D eigenvalue weighted by atomic mass is 16.5. The molecule has 0 unspecified atom stereocenters. The third-order valence-corrected chi connectivity index (χ3v) is 3.75. The van der Waals surface area contributed by atoms with E-state index in [-0.39, 0.29) is 5.78 Å². The molecule has 0 fully saturated rings. The summed E-state index contributed by atoms with van der Waals surface area (Å²) in [5.74, 6) is 0.713. The van der Waals surface area contributed by atoms with Gasteiger partial charge in [-0.3, -0.25) is 9.78 Å². The Kier molecular flexibility index (Phi) is 5.37. The minimum atomic E-state index is -0.0224. The molecule has 3 aromatic rings. The van der Waals surface area contributed by atoms with E-state index in [4.69, 9.17) is 4.74 Å². The molecule has 3 rings (SSSR count). The van der Waals surface area contributed by atoms with E-state index < -0.39 is 0 Å². The molecule has 0 saturated carbocycles. The first-order valence-corrected chi connectivity index (χ1v) is 8.12. The molecule has 1 heterocycles. The van der Waals surface area contributed by atoms with Crippen LogP contribution in [0, 0.1) is 6.92 Å². The van der Waals surface area contributed by atoms with E-state index >= 15 is 0 Å². The highest BCUT2D eigenvalue weighted by Crippen LogP contribution is 2.21. The van der Waals surface area contributed by atoms with Gasteiger partial charge in [-0.1, -0.05) is 48.0 Å². The third kappa shape index (κ3) is 4.64. The molecule has 0 bridgehead atoms. The zero-order valence-corrected chi connectivity index (χ0v) is 14.1. The van der Waals surface area contributed by atoms with Crippen molar-refractivity contribution < 1.29 is 9.53 Å². The molecule has 0 saturated heterocycles. The predicted octanol–water partition coefficient (Wildman–Crippen LogP) is 4.87. The number of allylic oxidation sites excluding steroid dienone is 1. The zero-order valence-electron chi connectivity index (χ0n) is 14.1. The number of nitrogens with zero attached hydrogens (tertiary/aromatic N) is 1. The van der Waals surface area contributed by atoms with Crippen LogP contribution in [0.25, 0.3) is 6.08 Å². The number of ether oxygens (including phenoxy) is 1. The van der Waals surface area contributed by atoms with Crippen molar-refractivity contribution in [3.63, 3.8) is 0 Å². The van der Waals surface area contributed by atoms with Crippen LogP contribution in [0.4, 0.5) is 0 Å². The molecule has 0 aliphatic carbocycles. The van der Waals surface area contributed by atoms with Crippen LogP contribution < -0.4 is 4.74 Å². The molecule has 0 aliphatic rings. The maximum atomic E-state index is 12.3. The number of para-hydroxylation sites is 1. The summed E-state index contributed by atoms with van der Waals surface area (Å²) in [5.41, 5.74) is 3.62. The van der Waals surface area contributed by atoms with Gasteiger partial charge < -0.3 is 4.74 Å². The second-order valence-corrected chi connectivity index (χ2v) is 5.75. The summed E-state index contributed by atoms with van der Waals surface area (Å²) in [6, 6.07) is 19.1. The van der Waals surface area contributed by atoms with Crippen LogP contribution in [-0.4, -0.2) is 10.8 Å². The van der Waals surface area contributed by atoms with Crippen molar-refractivity contribution in [2.24, 2.45) is 0 Å². The topological polar surface area (TPSA) is 39.2 Å². The molecule has 0 amide bonds. The Hall–Kier alpha value is -3.20. The highest BCUT2D eigenvalue weighted by molar-refractivity contribution is 6.07. The van der Waals surface area contributed by atoms with Gasteiger partial charge in [0, 0.05) is 29.1 Å². The fraction of sp³-hybridized carbons (Fsp3) is 0.0909. The van der Waals surface area contributed by atoms with E-state index in [1.807, 2.05) is 67.6 Å². The molecule has 0 aliphatic heterocycles. The maximum absolute atomic E-state index is 12.3. The van der Waals surface area contributed by atoms with Gasteiger partial charge in [-0.05, 0) is 37.3 Å². The van der Waals surface area contributed by atoms with Gasteiger partial charge in [0.1, 0.15) is 12.4 Å². The molecule has 0 N–H and O–H groups in total. The lowest BCUT2D eigenvalue weighted by molar-refractivity contribution is 0.104. The van der Waals surface area contributed by atoms with Crippen LogP contribution >= 0.6 is 0 Å². The number of pyridine rings is 1. The van der Waals surface area contributed by atoms with Crippen LogP contribution in [0.2, 0.25) is 0 Å². The number of rotatable bonds is 6. The molecular formula is C22H19NO2. The Bertz CT molecular complexity index is 885. The van der Waals surface area contributed by atoms with Gasteiger partial charge in [0.25, 0.3) is 0 Å². The number of benzene rings is 2. The van der Waals surface area contributed by atoms with E-state index in [1.165, 1.54) is 0 Å². The average molecular weight is 329 g/mol. The molecule has 2 aromatic carbocycles. The van der Waals surface area contributed by atoms with Crippen LogP contribution in [-0.2, 0) is 6.61 Å². The van der Waals surface area contributed by atoms with Crippen LogP contribution in [0.3, 0.4) is 0 Å². The summed E-state index contributed by atoms with van der Waals surface area (Å²) in [4.78, 5) is 16.4. The van der Waals surface area contributed by atoms with E-state index in [0.29, 0.717) is 12.2 Å². The molecular weight excluding hydrogens is 310 g/mol. The van der Waals surface area contributed by atoms with E-state index in [1.54, 1.807) is 24.5 Å². The summed E-state index contributed by atoms with van der Waals surface area (Å²) in [6.45, 7) is 2.41. The summed E-state index contributed by atoms with van der Waals surface area (Å²) < 4.78 is 5.88. The first-order chi connectivity index (χ1) is 12.2. The predicted molar refractivity (Wildman–Crippen MR) is 99.6 cm³/mol. The Morgan fingerprint density at radius 3 is 2.76 bits per heavy atom. The first-order valence-electron chi connectivity index (χ1n) is 8.12. The van der Waals surface area contributed by atoms with Crippen molar-refractivity contribution in [1.82, 2.24) is 4.98 Å². The van der Waals surface area contributed by atoms with E-state index in [2.05, 4.69) is 4.98 Å². The smallest absolute Gasteiger partial charge is 0.185 e. The van der Waals surface area contributed by atoms with Crippen molar-refractivity contribution in [3.8, 4) is 5.75 Å². The lowest BCUT2D eigenvalue weighted by Crippen LogP contribution is -1.98. The maximum Gasteiger partial charge on any atom is 0.185 e. The number of ketones is 1. The summed E-state index contributed by atoms with van der Waals surface area (Å²) in [7, 11) is 0. The molecule has 25 heavy (non-hydrogen) atoms. The van der Waals surface area contributed by atoms with E-state index in [9.17, 15) is 4.79 Å². The standard InChI is InChI=1S/C22H19NO2/c1-17-6-4-9-20(14-17)21(24)12-11-19-8-2-3-10-22(19)25-16-18-7-5-13-23-15-18/h2-15H,16H2,1H3. The largest absolute Gasteiger partial charge is 0.488 e. The lowest BCUT2D eigenvalue weighted by atomic mass is 10.1. The minimum Gasteiger partial charge on any atom is -0.488 e. The molecule has 0 radical (unpaired) electrons. The van der Waals surface area contributed by atoms with Gasteiger partial charge in [0.05, 0.1) is 0 Å². The zero-order chi connectivity index (χ0) is 17.5. The Morgan fingerprint density at radius 1 is 1.08 bits per heavy atom. The molecule has 0 atom stereocenters. The summed E-state index contributed by atoms with van der Waals surface area (Å²) >= 11 is 0. The Morgan fingerprint density at radius 2 is 1.96 bits per heavy atom. The quantitative estimate of drug-likeness (QED) is 0.478. The van der Waals surface area contributed by atoms with Crippen molar-refractivity contribution in [2.75, 3.05) is 0 Å². The number of aromatic nitrogens is 1. The average Bonchev–Trinajstić information content (AvgIpc) is 2.66. The normalized spacial score (nSPS) is 10.8. The minimum absolute atomic E-state index is 0.0224. The molecule has 0 spiro atoms. The Labute approximate surface area is 147 Å². The van der Waals surface area contributed by atoms with Crippen molar-refractivity contribution in [3.05, 3.63) is 101 Å². The van der Waals surface area contributed by atoms with Crippen LogP contribution in [0.1, 0.15) is 27.0 Å². The fourth-order valence-electron chi connectivity index (χ4n) is 2.45. The second-order valence-electron chi connectivity index (χ2n) is 5.75. The van der Waals surface area contributed by atoms with Gasteiger partial charge >= 0.3 is 0 Å². The summed E-state index contributed by atoms with van der Waals surface area (Å²) in [6.07, 6.45) is 6.89. The van der Waals surface area contributed by atoms with Gasteiger partial charge in [-0.15, -0.1) is 0 Å². The summed E-state index contributed by atoms with van der Waals surface area (Å²) in [5, 5.41) is 0. The van der Waals surface area contributed by atoms with Crippen LogP contribution in [0.15, 0.2) is 79.1 Å². The number of aryl methyl sites for hydroxylation is 1. The second kappa shape index (κ2) is 8.06. The van der Waals surface area contributed by atoms with Crippen LogP contribution in [0.5, 0.6) is 5.75 Å². The first kappa shape index (κ1) is 16.7. The van der Waals surface area contributed by atoms with E-state index in [0.717, 1.165) is 22.4 Å². The lowest BCUT2D eigenvalue weighted by Gasteiger charge is -2.09. The van der Waals surface area contributed by atoms with Crippen molar-refractivity contribution in [2.45, 2.75) is 13.5 Å². The van der Waals surface area contributed by atoms with Gasteiger partial charge in [-0.25, -0.2) is 0 Å².